The molecule has 0 aromatic rings. The van der Waals surface area contributed by atoms with E-state index in [4.69, 9.17) is 0 Å². The van der Waals surface area contributed by atoms with Crippen molar-refractivity contribution in [2.75, 3.05) is 6.67 Å². The number of alkyl halides is 1. The average Bonchev–Trinajstić information content (AvgIpc) is 1.94. The van der Waals surface area contributed by atoms with Crippen LogP contribution in [0.15, 0.2) is 0 Å². The summed E-state index contributed by atoms with van der Waals surface area (Å²) < 4.78 is 12.0. The third kappa shape index (κ3) is 3.74. The molecule has 0 bridgehead atoms. The summed E-state index contributed by atoms with van der Waals surface area (Å²) in [6.07, 6.45) is 10.2. The van der Waals surface area contributed by atoms with Crippen molar-refractivity contribution < 1.29 is 4.39 Å². The van der Waals surface area contributed by atoms with Crippen molar-refractivity contribution in [2.24, 2.45) is 5.92 Å². The van der Waals surface area contributed by atoms with Crippen LogP contribution in [0.4, 0.5) is 4.39 Å². The van der Waals surface area contributed by atoms with E-state index >= 15 is 0 Å². The summed E-state index contributed by atoms with van der Waals surface area (Å²) in [5.41, 5.74) is 0. The molecule has 0 heterocycles. The lowest BCUT2D eigenvalue weighted by Crippen LogP contribution is -2.04. The van der Waals surface area contributed by atoms with Crippen LogP contribution in [0.2, 0.25) is 0 Å². The van der Waals surface area contributed by atoms with Crippen molar-refractivity contribution in [1.29, 1.82) is 0 Å². The zero-order chi connectivity index (χ0) is 7.94. The molecule has 0 saturated heterocycles. The van der Waals surface area contributed by atoms with Gasteiger partial charge in [-0.05, 0) is 12.3 Å². The van der Waals surface area contributed by atoms with Gasteiger partial charge in [0.25, 0.3) is 0 Å². The maximum absolute atomic E-state index is 12.0. The molecule has 0 nitrogen and oxygen atoms in total. The van der Waals surface area contributed by atoms with Gasteiger partial charge in [0.2, 0.25) is 0 Å². The van der Waals surface area contributed by atoms with Crippen LogP contribution >= 0.6 is 0 Å². The smallest absolute Gasteiger partial charge is 0.0897 e. The van der Waals surface area contributed by atoms with Gasteiger partial charge in [0.05, 0.1) is 6.67 Å². The molecule has 0 spiro atoms. The molecule has 1 aliphatic carbocycles. The largest absolute Gasteiger partial charge is 0.251 e. The van der Waals surface area contributed by atoms with Crippen LogP contribution in [0.3, 0.4) is 0 Å². The maximum Gasteiger partial charge on any atom is 0.0897 e. The van der Waals surface area contributed by atoms with E-state index in [2.05, 4.69) is 0 Å². The Morgan fingerprint density at radius 2 is 1.45 bits per heavy atom. The Morgan fingerprint density at radius 3 is 2.00 bits per heavy atom. The van der Waals surface area contributed by atoms with E-state index < -0.39 is 0 Å². The van der Waals surface area contributed by atoms with Crippen LogP contribution in [-0.2, 0) is 0 Å². The number of hydrogen-bond donors (Lipinski definition) is 0. The number of rotatable bonds is 2. The zero-order valence-electron chi connectivity index (χ0n) is 7.32. The van der Waals surface area contributed by atoms with Gasteiger partial charge in [-0.3, -0.25) is 4.39 Å². The molecule has 1 fully saturated rings. The van der Waals surface area contributed by atoms with E-state index in [9.17, 15) is 4.39 Å². The molecule has 1 heteroatoms. The molecule has 0 aromatic carbocycles. The molecule has 0 unspecified atom stereocenters. The fraction of sp³-hybridized carbons (Fsp3) is 1.00. The van der Waals surface area contributed by atoms with Crippen LogP contribution in [0.25, 0.3) is 0 Å². The summed E-state index contributed by atoms with van der Waals surface area (Å²) in [5, 5.41) is 0. The first-order chi connectivity index (χ1) is 5.43. The van der Waals surface area contributed by atoms with Crippen molar-refractivity contribution in [1.82, 2.24) is 0 Å². The normalized spacial score (nSPS) is 22.6. The summed E-state index contributed by atoms with van der Waals surface area (Å²) in [6, 6.07) is 0. The molecule has 1 aliphatic rings. The van der Waals surface area contributed by atoms with E-state index in [1.165, 1.54) is 44.9 Å². The van der Waals surface area contributed by atoms with Crippen LogP contribution in [0, 0.1) is 5.92 Å². The fourth-order valence-electron chi connectivity index (χ4n) is 1.98. The van der Waals surface area contributed by atoms with E-state index in [0.29, 0.717) is 5.92 Å². The minimum Gasteiger partial charge on any atom is -0.251 e. The van der Waals surface area contributed by atoms with Gasteiger partial charge in [-0.1, -0.05) is 44.9 Å². The Bertz CT molecular complexity index is 82.9. The van der Waals surface area contributed by atoms with Crippen LogP contribution < -0.4 is 0 Å². The lowest BCUT2D eigenvalue weighted by Gasteiger charge is -2.17. The summed E-state index contributed by atoms with van der Waals surface area (Å²) in [5.74, 6) is 0.709. The molecule has 0 aliphatic heterocycles. The molecule has 0 aromatic heterocycles. The zero-order valence-corrected chi connectivity index (χ0v) is 7.32. The highest BCUT2D eigenvalue weighted by Crippen LogP contribution is 2.24. The average molecular weight is 158 g/mol. The third-order valence-electron chi connectivity index (χ3n) is 2.74. The van der Waals surface area contributed by atoms with E-state index in [1.54, 1.807) is 0 Å². The number of hydrogen-bond acceptors (Lipinski definition) is 0. The SMILES string of the molecule is FCCC1CCCCCCC1. The Balaban J connectivity index is 2.15. The second-order valence-electron chi connectivity index (χ2n) is 3.69. The highest BCUT2D eigenvalue weighted by molar-refractivity contribution is 4.63. The maximum atomic E-state index is 12.0. The lowest BCUT2D eigenvalue weighted by atomic mass is 9.89. The molecule has 1 rings (SSSR count). The summed E-state index contributed by atoms with van der Waals surface area (Å²) in [6.45, 7) is -0.106. The van der Waals surface area contributed by atoms with Crippen molar-refractivity contribution in [3.63, 3.8) is 0 Å². The lowest BCUT2D eigenvalue weighted by molar-refractivity contribution is 0.320. The Kier molecular flexibility index (Phi) is 4.56. The Morgan fingerprint density at radius 1 is 0.909 bits per heavy atom. The summed E-state index contributed by atoms with van der Waals surface area (Å²) >= 11 is 0. The summed E-state index contributed by atoms with van der Waals surface area (Å²) in [4.78, 5) is 0. The first-order valence-corrected chi connectivity index (χ1v) is 4.99. The van der Waals surface area contributed by atoms with E-state index in [-0.39, 0.29) is 6.67 Å². The van der Waals surface area contributed by atoms with Crippen LogP contribution in [-0.4, -0.2) is 6.67 Å². The molecule has 0 N–H and O–H groups in total. The standard InChI is InChI=1S/C10H19F/c11-9-8-10-6-4-2-1-3-5-7-10/h10H,1-9H2. The van der Waals surface area contributed by atoms with Crippen LogP contribution in [0.1, 0.15) is 51.4 Å². The van der Waals surface area contributed by atoms with Gasteiger partial charge in [-0.15, -0.1) is 0 Å². The van der Waals surface area contributed by atoms with E-state index in [1.807, 2.05) is 0 Å². The molecule has 0 radical (unpaired) electrons. The molecule has 1 saturated carbocycles. The van der Waals surface area contributed by atoms with Crippen molar-refractivity contribution in [3.05, 3.63) is 0 Å². The van der Waals surface area contributed by atoms with Crippen molar-refractivity contribution in [2.45, 2.75) is 51.4 Å². The summed E-state index contributed by atoms with van der Waals surface area (Å²) in [7, 11) is 0. The van der Waals surface area contributed by atoms with Gasteiger partial charge < -0.3 is 0 Å². The van der Waals surface area contributed by atoms with Gasteiger partial charge in [0.1, 0.15) is 0 Å². The minimum absolute atomic E-state index is 0.106. The minimum atomic E-state index is -0.106. The van der Waals surface area contributed by atoms with Gasteiger partial charge in [0.15, 0.2) is 0 Å². The third-order valence-corrected chi connectivity index (χ3v) is 2.74. The first kappa shape index (κ1) is 9.02. The molecule has 66 valence electrons. The van der Waals surface area contributed by atoms with Gasteiger partial charge in [0, 0.05) is 0 Å². The van der Waals surface area contributed by atoms with Gasteiger partial charge in [-0.2, -0.15) is 0 Å². The predicted molar refractivity (Wildman–Crippen MR) is 46.4 cm³/mol. The highest BCUT2D eigenvalue weighted by Gasteiger charge is 2.10. The monoisotopic (exact) mass is 158 g/mol. The number of halogens is 1. The van der Waals surface area contributed by atoms with E-state index in [0.717, 1.165) is 6.42 Å². The molecule has 0 amide bonds. The van der Waals surface area contributed by atoms with Crippen molar-refractivity contribution in [3.8, 4) is 0 Å². The van der Waals surface area contributed by atoms with Crippen LogP contribution in [0.5, 0.6) is 0 Å². The fourth-order valence-corrected chi connectivity index (χ4v) is 1.98. The Hall–Kier alpha value is -0.0700. The molecule has 0 atom stereocenters. The quantitative estimate of drug-likeness (QED) is 0.574. The molecular weight excluding hydrogens is 139 g/mol. The van der Waals surface area contributed by atoms with Crippen molar-refractivity contribution >= 4 is 0 Å². The predicted octanol–water partition coefficient (Wildman–Crippen LogP) is 3.71. The van der Waals surface area contributed by atoms with Gasteiger partial charge in [-0.25, -0.2) is 0 Å². The highest BCUT2D eigenvalue weighted by atomic mass is 19.1. The second-order valence-corrected chi connectivity index (χ2v) is 3.69. The Labute approximate surface area is 69.2 Å². The second kappa shape index (κ2) is 5.56. The first-order valence-electron chi connectivity index (χ1n) is 4.99. The van der Waals surface area contributed by atoms with Gasteiger partial charge >= 0.3 is 0 Å². The molecular formula is C10H19F. The topological polar surface area (TPSA) is 0 Å². The molecule has 11 heavy (non-hydrogen) atoms.